The monoisotopic (exact) mass is 548 g/mol. The van der Waals surface area contributed by atoms with E-state index in [-0.39, 0.29) is 11.5 Å². The van der Waals surface area contributed by atoms with Crippen LogP contribution in [0, 0.1) is 0 Å². The largest absolute Gasteiger partial charge is 0.494 e. The summed E-state index contributed by atoms with van der Waals surface area (Å²) in [7, 11) is 3.06. The summed E-state index contributed by atoms with van der Waals surface area (Å²) in [5, 5.41) is 4.29. The maximum absolute atomic E-state index is 12.8. The van der Waals surface area contributed by atoms with E-state index in [9.17, 15) is 14.4 Å². The van der Waals surface area contributed by atoms with E-state index in [1.54, 1.807) is 14.0 Å². The lowest BCUT2D eigenvalue weighted by atomic mass is 10.1. The average molecular weight is 549 g/mol. The standard InChI is InChI=1S/C28H44N4O5S/c1-7-9-10-11-12-18-32(24-25(33)30(5)27(35)31(6)29-24)19-13-14-20-37-22-16-15-17-23(21-22)38-28(3,4)26(34)36-8-2/h15-17,21H,7-14,18-20H2,1-6H3. The Morgan fingerprint density at radius 2 is 1.71 bits per heavy atom. The summed E-state index contributed by atoms with van der Waals surface area (Å²) < 4.78 is 12.8. The summed E-state index contributed by atoms with van der Waals surface area (Å²) in [5.41, 5.74) is -0.793. The smallest absolute Gasteiger partial charge is 0.346 e. The van der Waals surface area contributed by atoms with Gasteiger partial charge in [0, 0.05) is 32.1 Å². The van der Waals surface area contributed by atoms with Crippen molar-refractivity contribution in [2.24, 2.45) is 14.1 Å². The first kappa shape index (κ1) is 31.5. The number of thioether (sulfide) groups is 1. The van der Waals surface area contributed by atoms with E-state index < -0.39 is 10.4 Å². The highest BCUT2D eigenvalue weighted by Gasteiger charge is 2.30. The van der Waals surface area contributed by atoms with Crippen LogP contribution in [0.3, 0.4) is 0 Å². The van der Waals surface area contributed by atoms with E-state index in [0.29, 0.717) is 25.6 Å². The minimum Gasteiger partial charge on any atom is -0.494 e. The van der Waals surface area contributed by atoms with Gasteiger partial charge in [-0.15, -0.1) is 16.9 Å². The molecule has 0 unspecified atom stereocenters. The Kier molecular flexibility index (Phi) is 12.9. The predicted molar refractivity (Wildman–Crippen MR) is 153 cm³/mol. The van der Waals surface area contributed by atoms with E-state index >= 15 is 0 Å². The summed E-state index contributed by atoms with van der Waals surface area (Å²) >= 11 is 1.45. The van der Waals surface area contributed by atoms with Gasteiger partial charge in [0.05, 0.1) is 13.2 Å². The lowest BCUT2D eigenvalue weighted by Crippen LogP contribution is -2.43. The third-order valence-corrected chi connectivity index (χ3v) is 7.34. The minimum atomic E-state index is -0.694. The molecule has 1 heterocycles. The van der Waals surface area contributed by atoms with Crippen molar-refractivity contribution >= 4 is 23.5 Å². The SMILES string of the molecule is CCCCCCCN(CCCCOc1cccc(SC(C)(C)C(=O)OCC)c1)c1nn(C)c(=O)n(C)c1=O. The van der Waals surface area contributed by atoms with Crippen molar-refractivity contribution < 1.29 is 14.3 Å². The molecule has 0 saturated carbocycles. The lowest BCUT2D eigenvalue weighted by Gasteiger charge is -2.23. The number of aryl methyl sites for hydroxylation is 1. The Morgan fingerprint density at radius 3 is 2.39 bits per heavy atom. The van der Waals surface area contributed by atoms with Crippen molar-refractivity contribution in [1.82, 2.24) is 14.3 Å². The molecule has 10 heteroatoms. The average Bonchev–Trinajstić information content (AvgIpc) is 2.88. The number of ether oxygens (including phenoxy) is 2. The molecule has 9 nitrogen and oxygen atoms in total. The second-order valence-corrected chi connectivity index (χ2v) is 11.6. The molecule has 0 aliphatic heterocycles. The Hall–Kier alpha value is -2.75. The van der Waals surface area contributed by atoms with E-state index in [1.807, 2.05) is 43.0 Å². The second-order valence-electron chi connectivity index (χ2n) is 9.86. The molecule has 1 aromatic carbocycles. The minimum absolute atomic E-state index is 0.242. The molecule has 212 valence electrons. The van der Waals surface area contributed by atoms with Gasteiger partial charge in [0.25, 0.3) is 5.56 Å². The maximum Gasteiger partial charge on any atom is 0.346 e. The first-order valence-corrected chi connectivity index (χ1v) is 14.4. The highest BCUT2D eigenvalue weighted by molar-refractivity contribution is 8.01. The van der Waals surface area contributed by atoms with Crippen molar-refractivity contribution in [2.45, 2.75) is 82.3 Å². The number of rotatable bonds is 17. The molecule has 2 rings (SSSR count). The van der Waals surface area contributed by atoms with E-state index in [4.69, 9.17) is 9.47 Å². The third-order valence-electron chi connectivity index (χ3n) is 6.17. The topological polar surface area (TPSA) is 95.7 Å². The number of aromatic nitrogens is 3. The third kappa shape index (κ3) is 9.53. The molecular weight excluding hydrogens is 504 g/mol. The number of anilines is 1. The Morgan fingerprint density at radius 1 is 1.03 bits per heavy atom. The highest BCUT2D eigenvalue weighted by atomic mass is 32.2. The number of carbonyl (C=O) groups is 1. The fourth-order valence-electron chi connectivity index (χ4n) is 3.97. The van der Waals surface area contributed by atoms with Crippen molar-refractivity contribution in [3.05, 3.63) is 45.1 Å². The fourth-order valence-corrected chi connectivity index (χ4v) is 5.03. The molecule has 0 radical (unpaired) electrons. The normalized spacial score (nSPS) is 11.4. The zero-order valence-electron chi connectivity index (χ0n) is 23.8. The zero-order chi connectivity index (χ0) is 28.1. The molecular formula is C28H44N4O5S. The van der Waals surface area contributed by atoms with Crippen LogP contribution >= 0.6 is 11.8 Å². The van der Waals surface area contributed by atoms with Gasteiger partial charge in [-0.05, 0) is 58.2 Å². The number of esters is 1. The summed E-state index contributed by atoms with van der Waals surface area (Å²) in [5.74, 6) is 0.824. The van der Waals surface area contributed by atoms with Crippen molar-refractivity contribution in [3.63, 3.8) is 0 Å². The van der Waals surface area contributed by atoms with E-state index in [1.165, 1.54) is 42.8 Å². The molecule has 2 aromatic rings. The number of hydrogen-bond donors (Lipinski definition) is 0. The summed E-state index contributed by atoms with van der Waals surface area (Å²) in [4.78, 5) is 40.1. The van der Waals surface area contributed by atoms with Gasteiger partial charge in [0.1, 0.15) is 10.5 Å². The van der Waals surface area contributed by atoms with Gasteiger partial charge >= 0.3 is 11.7 Å². The van der Waals surface area contributed by atoms with Gasteiger partial charge in [-0.3, -0.25) is 14.2 Å². The maximum atomic E-state index is 12.8. The van der Waals surface area contributed by atoms with Crippen LogP contribution in [0.1, 0.15) is 72.6 Å². The van der Waals surface area contributed by atoms with Crippen LogP contribution < -0.4 is 20.9 Å². The van der Waals surface area contributed by atoms with Crippen LogP contribution in [0.4, 0.5) is 5.82 Å². The van der Waals surface area contributed by atoms with Crippen molar-refractivity contribution in [3.8, 4) is 5.75 Å². The van der Waals surface area contributed by atoms with Gasteiger partial charge in [-0.1, -0.05) is 38.7 Å². The summed E-state index contributed by atoms with van der Waals surface area (Å²) in [6.45, 7) is 9.95. The fraction of sp³-hybridized carbons (Fsp3) is 0.643. The second kappa shape index (κ2) is 15.6. The first-order chi connectivity index (χ1) is 18.1. The molecule has 0 spiro atoms. The Balaban J connectivity index is 1.95. The van der Waals surface area contributed by atoms with Crippen LogP contribution in [0.25, 0.3) is 0 Å². The van der Waals surface area contributed by atoms with Gasteiger partial charge in [-0.25, -0.2) is 9.48 Å². The number of unbranched alkanes of at least 4 members (excludes halogenated alkanes) is 5. The Bertz CT molecular complexity index is 1140. The molecule has 0 amide bonds. The Labute approximate surface area is 230 Å². The molecule has 0 fully saturated rings. The van der Waals surface area contributed by atoms with Crippen LogP contribution in [-0.4, -0.2) is 51.4 Å². The quantitative estimate of drug-likeness (QED) is 0.161. The zero-order valence-corrected chi connectivity index (χ0v) is 24.6. The summed E-state index contributed by atoms with van der Waals surface area (Å²) in [6.07, 6.45) is 7.23. The predicted octanol–water partition coefficient (Wildman–Crippen LogP) is 4.55. The van der Waals surface area contributed by atoms with Gasteiger partial charge in [-0.2, -0.15) is 0 Å². The van der Waals surface area contributed by atoms with Crippen LogP contribution in [0.5, 0.6) is 5.75 Å². The molecule has 1 aromatic heterocycles. The highest BCUT2D eigenvalue weighted by Crippen LogP contribution is 2.35. The molecule has 0 atom stereocenters. The molecule has 38 heavy (non-hydrogen) atoms. The molecule has 0 saturated heterocycles. The lowest BCUT2D eigenvalue weighted by molar-refractivity contribution is -0.145. The molecule has 0 aliphatic rings. The van der Waals surface area contributed by atoms with Crippen molar-refractivity contribution in [1.29, 1.82) is 0 Å². The number of nitrogens with zero attached hydrogens (tertiary/aromatic N) is 4. The van der Waals surface area contributed by atoms with E-state index in [0.717, 1.165) is 47.4 Å². The summed E-state index contributed by atoms with van der Waals surface area (Å²) in [6, 6.07) is 7.71. The molecule has 0 aliphatic carbocycles. The number of hydrogen-bond acceptors (Lipinski definition) is 8. The van der Waals surface area contributed by atoms with E-state index in [2.05, 4.69) is 12.0 Å². The molecule has 0 N–H and O–H groups in total. The van der Waals surface area contributed by atoms with Crippen LogP contribution in [0.15, 0.2) is 38.8 Å². The van der Waals surface area contributed by atoms with Crippen LogP contribution in [0.2, 0.25) is 0 Å². The van der Waals surface area contributed by atoms with Gasteiger partial charge < -0.3 is 14.4 Å². The number of carbonyl (C=O) groups excluding carboxylic acids is 1. The first-order valence-electron chi connectivity index (χ1n) is 13.6. The number of benzene rings is 1. The van der Waals surface area contributed by atoms with Gasteiger partial charge in [0.2, 0.25) is 5.82 Å². The van der Waals surface area contributed by atoms with Gasteiger partial charge in [0.15, 0.2) is 0 Å². The van der Waals surface area contributed by atoms with Crippen LogP contribution in [-0.2, 0) is 23.6 Å². The van der Waals surface area contributed by atoms with Crippen molar-refractivity contribution in [2.75, 3.05) is 31.2 Å². The molecule has 0 bridgehead atoms.